The van der Waals surface area contributed by atoms with Crippen LogP contribution in [-0.2, 0) is 14.3 Å². The first-order valence-corrected chi connectivity index (χ1v) is 10.0. The van der Waals surface area contributed by atoms with E-state index in [1.807, 2.05) is 32.0 Å². The molecular formula is C21H32Cl2N2O4. The van der Waals surface area contributed by atoms with E-state index in [1.165, 1.54) is 0 Å². The van der Waals surface area contributed by atoms with Crippen molar-refractivity contribution < 1.29 is 19.1 Å². The second-order valence-corrected chi connectivity index (χ2v) is 7.39. The Morgan fingerprint density at radius 1 is 1.03 bits per heavy atom. The Hall–Kier alpha value is -1.50. The van der Waals surface area contributed by atoms with E-state index < -0.39 is 0 Å². The lowest BCUT2D eigenvalue weighted by Gasteiger charge is -2.42. The number of carbonyl (C=O) groups is 2. The summed E-state index contributed by atoms with van der Waals surface area (Å²) in [6.07, 6.45) is 4.00. The van der Waals surface area contributed by atoms with E-state index in [1.54, 1.807) is 6.07 Å². The Bertz CT molecular complexity index is 674. The third-order valence-electron chi connectivity index (χ3n) is 5.66. The Balaban J connectivity index is 0.00000210. The van der Waals surface area contributed by atoms with E-state index in [4.69, 9.17) is 9.47 Å². The molecule has 0 unspecified atom stereocenters. The van der Waals surface area contributed by atoms with Gasteiger partial charge in [0.15, 0.2) is 0 Å². The number of hydrogen-bond donors (Lipinski definition) is 2. The molecule has 0 radical (unpaired) electrons. The zero-order valence-electron chi connectivity index (χ0n) is 17.0. The lowest BCUT2D eigenvalue weighted by Crippen LogP contribution is -2.51. The number of halogens is 2. The quantitative estimate of drug-likeness (QED) is 0.646. The predicted octanol–water partition coefficient (Wildman–Crippen LogP) is 3.83. The minimum Gasteiger partial charge on any atom is -0.465 e. The van der Waals surface area contributed by atoms with Crippen molar-refractivity contribution in [2.45, 2.75) is 51.6 Å². The average Bonchev–Trinajstić information content (AvgIpc) is 2.68. The number of esters is 2. The van der Waals surface area contributed by atoms with Gasteiger partial charge < -0.3 is 20.1 Å². The van der Waals surface area contributed by atoms with Crippen molar-refractivity contribution >= 4 is 42.4 Å². The SMILES string of the molecule is CCOC(=O)c1ccccc1N[C@H]1CC[C@H]2CN[C@H](C(=O)OCC)C[C@H]2C1.Cl.Cl. The first-order valence-electron chi connectivity index (χ1n) is 10.0. The van der Waals surface area contributed by atoms with Crippen LogP contribution in [0.2, 0.25) is 0 Å². The van der Waals surface area contributed by atoms with E-state index in [0.717, 1.165) is 37.9 Å². The van der Waals surface area contributed by atoms with Crippen LogP contribution in [0, 0.1) is 11.8 Å². The second kappa shape index (κ2) is 12.3. The highest BCUT2D eigenvalue weighted by atomic mass is 35.5. The van der Waals surface area contributed by atoms with E-state index in [0.29, 0.717) is 36.7 Å². The fraction of sp³-hybridized carbons (Fsp3) is 0.619. The molecular weight excluding hydrogens is 415 g/mol. The maximum Gasteiger partial charge on any atom is 0.340 e. The molecule has 2 aliphatic rings. The lowest BCUT2D eigenvalue weighted by atomic mass is 9.72. The molecule has 0 spiro atoms. The molecule has 2 N–H and O–H groups in total. The summed E-state index contributed by atoms with van der Waals surface area (Å²) >= 11 is 0. The summed E-state index contributed by atoms with van der Waals surface area (Å²) in [7, 11) is 0. The normalized spacial score (nSPS) is 25.4. The van der Waals surface area contributed by atoms with Gasteiger partial charge in [-0.1, -0.05) is 12.1 Å². The smallest absolute Gasteiger partial charge is 0.340 e. The minimum atomic E-state index is -0.293. The number of ether oxygens (including phenoxy) is 2. The summed E-state index contributed by atoms with van der Waals surface area (Å²) < 4.78 is 10.3. The minimum absolute atomic E-state index is 0. The number of carbonyl (C=O) groups excluding carboxylic acids is 2. The van der Waals surface area contributed by atoms with Crippen molar-refractivity contribution in [3.63, 3.8) is 0 Å². The number of hydrogen-bond acceptors (Lipinski definition) is 6. The van der Waals surface area contributed by atoms with Gasteiger partial charge in [0.25, 0.3) is 0 Å². The van der Waals surface area contributed by atoms with Gasteiger partial charge in [-0.25, -0.2) is 4.79 Å². The van der Waals surface area contributed by atoms with Gasteiger partial charge in [0.05, 0.1) is 18.8 Å². The summed E-state index contributed by atoms with van der Waals surface area (Å²) in [5.74, 6) is 0.660. The summed E-state index contributed by atoms with van der Waals surface area (Å²) in [6, 6.07) is 7.61. The van der Waals surface area contributed by atoms with Crippen LogP contribution in [0.4, 0.5) is 5.69 Å². The molecule has 1 aliphatic carbocycles. The Morgan fingerprint density at radius 2 is 1.76 bits per heavy atom. The highest BCUT2D eigenvalue weighted by Gasteiger charge is 2.38. The molecule has 1 saturated heterocycles. The van der Waals surface area contributed by atoms with Gasteiger partial charge in [-0.15, -0.1) is 24.8 Å². The van der Waals surface area contributed by atoms with Crippen LogP contribution in [0.25, 0.3) is 0 Å². The van der Waals surface area contributed by atoms with Gasteiger partial charge >= 0.3 is 11.9 Å². The lowest BCUT2D eigenvalue weighted by molar-refractivity contribution is -0.147. The summed E-state index contributed by atoms with van der Waals surface area (Å²) in [4.78, 5) is 24.3. The topological polar surface area (TPSA) is 76.7 Å². The fourth-order valence-electron chi connectivity index (χ4n) is 4.33. The van der Waals surface area contributed by atoms with Gasteiger partial charge in [0.1, 0.15) is 6.04 Å². The molecule has 1 saturated carbocycles. The van der Waals surface area contributed by atoms with Crippen LogP contribution in [-0.4, -0.2) is 43.8 Å². The zero-order chi connectivity index (χ0) is 19.2. The molecule has 6 nitrogen and oxygen atoms in total. The van der Waals surface area contributed by atoms with Crippen LogP contribution >= 0.6 is 24.8 Å². The number of nitrogens with one attached hydrogen (secondary N) is 2. The standard InChI is InChI=1S/C21H30N2O4.2ClH/c1-3-26-20(24)17-7-5-6-8-18(17)23-16-10-9-14-13-22-19(12-15(14)11-16)21(25)27-4-2;;/h5-8,14-16,19,22-23H,3-4,9-13H2,1-2H3;2*1H/t14-,15+,16-,19-;;/m0../s1. The fourth-order valence-corrected chi connectivity index (χ4v) is 4.33. The second-order valence-electron chi connectivity index (χ2n) is 7.39. The molecule has 1 aliphatic heterocycles. The monoisotopic (exact) mass is 446 g/mol. The molecule has 1 heterocycles. The highest BCUT2D eigenvalue weighted by molar-refractivity contribution is 5.95. The molecule has 164 valence electrons. The number of anilines is 1. The maximum atomic E-state index is 12.2. The first kappa shape index (κ1) is 25.5. The molecule has 29 heavy (non-hydrogen) atoms. The Morgan fingerprint density at radius 3 is 2.48 bits per heavy atom. The van der Waals surface area contributed by atoms with Crippen molar-refractivity contribution in [2.24, 2.45) is 11.8 Å². The third-order valence-corrected chi connectivity index (χ3v) is 5.66. The van der Waals surface area contributed by atoms with E-state index in [2.05, 4.69) is 10.6 Å². The van der Waals surface area contributed by atoms with Crippen molar-refractivity contribution in [1.82, 2.24) is 5.32 Å². The Kier molecular flexibility index (Phi) is 10.8. The average molecular weight is 447 g/mol. The number of fused-ring (bicyclic) bond motifs is 1. The highest BCUT2D eigenvalue weighted by Crippen LogP contribution is 2.37. The van der Waals surface area contributed by atoms with Gasteiger partial charge in [-0.2, -0.15) is 0 Å². The number of para-hydroxylation sites is 1. The van der Waals surface area contributed by atoms with Crippen molar-refractivity contribution in [1.29, 1.82) is 0 Å². The summed E-state index contributed by atoms with van der Waals surface area (Å²) in [5, 5.41) is 6.90. The maximum absolute atomic E-state index is 12.2. The zero-order valence-corrected chi connectivity index (χ0v) is 18.7. The van der Waals surface area contributed by atoms with Crippen LogP contribution in [0.5, 0.6) is 0 Å². The molecule has 1 aromatic rings. The van der Waals surface area contributed by atoms with E-state index >= 15 is 0 Å². The number of benzene rings is 1. The van der Waals surface area contributed by atoms with Crippen LogP contribution in [0.3, 0.4) is 0 Å². The van der Waals surface area contributed by atoms with E-state index in [9.17, 15) is 9.59 Å². The van der Waals surface area contributed by atoms with Crippen LogP contribution in [0.15, 0.2) is 24.3 Å². The first-order chi connectivity index (χ1) is 13.1. The van der Waals surface area contributed by atoms with Gasteiger partial charge in [0, 0.05) is 11.7 Å². The van der Waals surface area contributed by atoms with Gasteiger partial charge in [-0.3, -0.25) is 4.79 Å². The predicted molar refractivity (Wildman–Crippen MR) is 118 cm³/mol. The van der Waals surface area contributed by atoms with Crippen molar-refractivity contribution in [3.05, 3.63) is 29.8 Å². The van der Waals surface area contributed by atoms with Gasteiger partial charge in [-0.05, 0) is 70.0 Å². The molecule has 4 atom stereocenters. The van der Waals surface area contributed by atoms with Crippen LogP contribution < -0.4 is 10.6 Å². The van der Waals surface area contributed by atoms with E-state index in [-0.39, 0.29) is 42.8 Å². The summed E-state index contributed by atoms with van der Waals surface area (Å²) in [6.45, 7) is 5.31. The molecule has 0 aromatic heterocycles. The molecule has 2 fully saturated rings. The number of rotatable bonds is 6. The summed E-state index contributed by atoms with van der Waals surface area (Å²) in [5.41, 5.74) is 1.41. The van der Waals surface area contributed by atoms with Crippen molar-refractivity contribution in [3.8, 4) is 0 Å². The molecule has 0 bridgehead atoms. The molecule has 0 amide bonds. The Labute approximate surface area is 185 Å². The molecule has 1 aromatic carbocycles. The third kappa shape index (κ3) is 6.49. The largest absolute Gasteiger partial charge is 0.465 e. The van der Waals surface area contributed by atoms with Gasteiger partial charge in [0.2, 0.25) is 0 Å². The molecule has 3 rings (SSSR count). The molecule has 8 heteroatoms. The van der Waals surface area contributed by atoms with Crippen LogP contribution in [0.1, 0.15) is 49.9 Å². The number of piperidine rings is 1. The van der Waals surface area contributed by atoms with Crippen molar-refractivity contribution in [2.75, 3.05) is 25.1 Å².